The predicted octanol–water partition coefficient (Wildman–Crippen LogP) is 3.14. The van der Waals surface area contributed by atoms with Crippen molar-refractivity contribution in [3.8, 4) is 0 Å². The van der Waals surface area contributed by atoms with Crippen molar-refractivity contribution in [1.29, 1.82) is 0 Å². The van der Waals surface area contributed by atoms with Crippen LogP contribution in [0.15, 0.2) is 36.7 Å². The molecule has 0 bridgehead atoms. The summed E-state index contributed by atoms with van der Waals surface area (Å²) < 4.78 is 0. The molecule has 29 heavy (non-hydrogen) atoms. The Bertz CT molecular complexity index is 911. The molecule has 2 aliphatic heterocycles. The zero-order valence-electron chi connectivity index (χ0n) is 17.2. The second-order valence-electron chi connectivity index (χ2n) is 8.54. The van der Waals surface area contributed by atoms with Crippen LogP contribution in [0.4, 0.5) is 0 Å². The molecule has 2 fully saturated rings. The Labute approximate surface area is 172 Å². The summed E-state index contributed by atoms with van der Waals surface area (Å²) in [6.45, 7) is 6.55. The van der Waals surface area contributed by atoms with E-state index < -0.39 is 0 Å². The third-order valence-corrected chi connectivity index (χ3v) is 6.26. The van der Waals surface area contributed by atoms with Gasteiger partial charge in [0.25, 0.3) is 5.91 Å². The molecule has 0 saturated carbocycles. The number of rotatable bonds is 3. The maximum absolute atomic E-state index is 13.1. The lowest BCUT2D eigenvalue weighted by molar-refractivity contribution is -0.139. The Morgan fingerprint density at radius 3 is 2.69 bits per heavy atom. The van der Waals surface area contributed by atoms with Crippen molar-refractivity contribution < 1.29 is 9.59 Å². The van der Waals surface area contributed by atoms with Gasteiger partial charge in [-0.3, -0.25) is 19.6 Å². The topological polar surface area (TPSA) is 66.4 Å². The molecule has 3 heterocycles. The molecule has 0 unspecified atom stereocenters. The molecular weight excluding hydrogens is 364 g/mol. The first-order valence-corrected chi connectivity index (χ1v) is 10.4. The molecule has 1 atom stereocenters. The Hall–Kier alpha value is -2.76. The minimum Gasteiger partial charge on any atom is -0.338 e. The van der Waals surface area contributed by atoms with Gasteiger partial charge >= 0.3 is 0 Å². The van der Waals surface area contributed by atoms with Gasteiger partial charge in [-0.2, -0.15) is 0 Å². The summed E-state index contributed by atoms with van der Waals surface area (Å²) >= 11 is 0. The standard InChI is InChI=1S/C23H28N4O2/c1-17-6-3-4-7-20(17)22(29)26-11-5-9-23(15-26)10-8-21(28)27(16-23)14-19-13-24-18(2)12-25-19/h3-4,6-7,12-13H,5,8-11,14-16H2,1-2H3/t23-/m1/s1. The van der Waals surface area contributed by atoms with E-state index in [4.69, 9.17) is 0 Å². The Morgan fingerprint density at radius 1 is 1.10 bits per heavy atom. The predicted molar refractivity (Wildman–Crippen MR) is 110 cm³/mol. The highest BCUT2D eigenvalue weighted by atomic mass is 16.2. The number of nitrogens with zero attached hydrogens (tertiary/aromatic N) is 4. The van der Waals surface area contributed by atoms with Gasteiger partial charge in [-0.15, -0.1) is 0 Å². The molecular formula is C23H28N4O2. The number of carbonyl (C=O) groups excluding carboxylic acids is 2. The van der Waals surface area contributed by atoms with Crippen molar-refractivity contribution in [3.05, 3.63) is 59.2 Å². The quantitative estimate of drug-likeness (QED) is 0.805. The van der Waals surface area contributed by atoms with Crippen molar-refractivity contribution in [2.45, 2.75) is 46.1 Å². The maximum atomic E-state index is 13.1. The van der Waals surface area contributed by atoms with Crippen molar-refractivity contribution >= 4 is 11.8 Å². The third kappa shape index (κ3) is 4.16. The smallest absolute Gasteiger partial charge is 0.254 e. The lowest BCUT2D eigenvalue weighted by Crippen LogP contribution is -2.54. The highest BCUT2D eigenvalue weighted by molar-refractivity contribution is 5.95. The largest absolute Gasteiger partial charge is 0.338 e. The Balaban J connectivity index is 1.49. The van der Waals surface area contributed by atoms with Crippen LogP contribution < -0.4 is 0 Å². The highest BCUT2D eigenvalue weighted by Crippen LogP contribution is 2.39. The van der Waals surface area contributed by atoms with Gasteiger partial charge < -0.3 is 9.80 Å². The minimum atomic E-state index is -0.0252. The zero-order valence-corrected chi connectivity index (χ0v) is 17.2. The van der Waals surface area contributed by atoms with Crippen molar-refractivity contribution in [2.24, 2.45) is 5.41 Å². The summed E-state index contributed by atoms with van der Waals surface area (Å²) in [6.07, 6.45) is 6.89. The number of piperidine rings is 2. The normalized spacial score (nSPS) is 22.2. The van der Waals surface area contributed by atoms with Crippen LogP contribution in [-0.4, -0.2) is 51.2 Å². The summed E-state index contributed by atoms with van der Waals surface area (Å²) in [5, 5.41) is 0. The average Bonchev–Trinajstić information content (AvgIpc) is 2.73. The number of aryl methyl sites for hydroxylation is 2. The van der Waals surface area contributed by atoms with Gasteiger partial charge in [0.1, 0.15) is 0 Å². The van der Waals surface area contributed by atoms with E-state index in [0.717, 1.165) is 48.3 Å². The summed E-state index contributed by atoms with van der Waals surface area (Å²) in [4.78, 5) is 38.3. The number of likely N-dealkylation sites (tertiary alicyclic amines) is 2. The van der Waals surface area contributed by atoms with Crippen LogP contribution in [-0.2, 0) is 11.3 Å². The average molecular weight is 393 g/mol. The fraction of sp³-hybridized carbons (Fsp3) is 0.478. The van der Waals surface area contributed by atoms with Gasteiger partial charge in [-0.25, -0.2) is 0 Å². The molecule has 2 aliphatic rings. The zero-order chi connectivity index (χ0) is 20.4. The molecule has 6 nitrogen and oxygen atoms in total. The van der Waals surface area contributed by atoms with Gasteiger partial charge in [-0.05, 0) is 44.7 Å². The van der Waals surface area contributed by atoms with E-state index in [1.807, 2.05) is 47.9 Å². The van der Waals surface area contributed by atoms with Crippen LogP contribution in [0.1, 0.15) is 53.0 Å². The van der Waals surface area contributed by atoms with Gasteiger partial charge in [0.15, 0.2) is 0 Å². The first-order valence-electron chi connectivity index (χ1n) is 10.4. The Morgan fingerprint density at radius 2 is 1.93 bits per heavy atom. The van der Waals surface area contributed by atoms with E-state index in [9.17, 15) is 9.59 Å². The van der Waals surface area contributed by atoms with Crippen LogP contribution in [0.25, 0.3) is 0 Å². The van der Waals surface area contributed by atoms with Crippen LogP contribution in [0, 0.1) is 19.3 Å². The molecule has 0 aliphatic carbocycles. The fourth-order valence-electron chi connectivity index (χ4n) is 4.64. The highest BCUT2D eigenvalue weighted by Gasteiger charge is 2.43. The van der Waals surface area contributed by atoms with E-state index in [2.05, 4.69) is 9.97 Å². The maximum Gasteiger partial charge on any atom is 0.254 e. The lowest BCUT2D eigenvalue weighted by Gasteiger charge is -2.48. The van der Waals surface area contributed by atoms with Crippen LogP contribution in [0.5, 0.6) is 0 Å². The summed E-state index contributed by atoms with van der Waals surface area (Å²) in [6, 6.07) is 7.77. The molecule has 1 aromatic carbocycles. The van der Waals surface area contributed by atoms with Crippen LogP contribution in [0.3, 0.4) is 0 Å². The summed E-state index contributed by atoms with van der Waals surface area (Å²) in [5.41, 5.74) is 3.44. The van der Waals surface area contributed by atoms with Crippen LogP contribution in [0.2, 0.25) is 0 Å². The van der Waals surface area contributed by atoms with Gasteiger partial charge in [0.2, 0.25) is 5.91 Å². The molecule has 2 amide bonds. The Kier molecular flexibility index (Phi) is 5.35. The molecule has 6 heteroatoms. The SMILES string of the molecule is Cc1cnc(CN2C[C@]3(CCCN(C(=O)c4ccccc4C)C3)CCC2=O)cn1. The summed E-state index contributed by atoms with van der Waals surface area (Å²) in [5.74, 6) is 0.274. The first-order chi connectivity index (χ1) is 14.0. The lowest BCUT2D eigenvalue weighted by atomic mass is 9.73. The second-order valence-corrected chi connectivity index (χ2v) is 8.54. The van der Waals surface area contributed by atoms with E-state index in [0.29, 0.717) is 26.1 Å². The van der Waals surface area contributed by atoms with Crippen LogP contribution >= 0.6 is 0 Å². The van der Waals surface area contributed by atoms with Gasteiger partial charge in [-0.1, -0.05) is 18.2 Å². The molecule has 0 radical (unpaired) electrons. The van der Waals surface area contributed by atoms with Crippen molar-refractivity contribution in [1.82, 2.24) is 19.8 Å². The van der Waals surface area contributed by atoms with E-state index >= 15 is 0 Å². The number of aromatic nitrogens is 2. The number of hydrogen-bond acceptors (Lipinski definition) is 4. The molecule has 152 valence electrons. The molecule has 2 saturated heterocycles. The molecule has 4 rings (SSSR count). The van der Waals surface area contributed by atoms with E-state index in [1.54, 1.807) is 12.4 Å². The number of benzene rings is 1. The molecule has 2 aromatic rings. The summed E-state index contributed by atoms with van der Waals surface area (Å²) in [7, 11) is 0. The molecule has 1 spiro atoms. The molecule has 0 N–H and O–H groups in total. The third-order valence-electron chi connectivity index (χ3n) is 6.26. The van der Waals surface area contributed by atoms with Crippen molar-refractivity contribution in [2.75, 3.05) is 19.6 Å². The van der Waals surface area contributed by atoms with E-state index in [-0.39, 0.29) is 17.2 Å². The first kappa shape index (κ1) is 19.6. The monoisotopic (exact) mass is 392 g/mol. The van der Waals surface area contributed by atoms with Gasteiger partial charge in [0.05, 0.1) is 24.1 Å². The number of amides is 2. The van der Waals surface area contributed by atoms with Crippen molar-refractivity contribution in [3.63, 3.8) is 0 Å². The second kappa shape index (κ2) is 7.93. The number of hydrogen-bond donors (Lipinski definition) is 0. The fourth-order valence-corrected chi connectivity index (χ4v) is 4.64. The van der Waals surface area contributed by atoms with E-state index in [1.165, 1.54) is 0 Å². The molecule has 1 aromatic heterocycles. The minimum absolute atomic E-state index is 0.0252. The number of carbonyl (C=O) groups is 2. The van der Waals surface area contributed by atoms with Gasteiger partial charge in [0, 0.05) is 43.2 Å².